The molecule has 1 atom stereocenters. The van der Waals surface area contributed by atoms with E-state index >= 15 is 0 Å². The van der Waals surface area contributed by atoms with Crippen molar-refractivity contribution >= 4 is 44.2 Å². The Kier molecular flexibility index (Phi) is 3.70. The van der Waals surface area contributed by atoms with E-state index in [1.807, 2.05) is 28.7 Å². The monoisotopic (exact) mass is 357 g/mol. The predicted octanol–water partition coefficient (Wildman–Crippen LogP) is 2.84. The van der Waals surface area contributed by atoms with Crippen LogP contribution < -0.4 is 5.32 Å². The zero-order valence-electron chi connectivity index (χ0n) is 13.0. The topological polar surface area (TPSA) is 83.1 Å². The van der Waals surface area contributed by atoms with Crippen LogP contribution in [0, 0.1) is 17.2 Å². The number of hydrogen-bond acceptors (Lipinski definition) is 6. The van der Waals surface area contributed by atoms with Crippen molar-refractivity contribution in [3.8, 4) is 6.07 Å². The lowest BCUT2D eigenvalue weighted by Gasteiger charge is -2.22. The van der Waals surface area contributed by atoms with Crippen molar-refractivity contribution in [1.29, 1.82) is 5.26 Å². The minimum Gasteiger partial charge on any atom is -0.337 e. The molecule has 3 aromatic rings. The first kappa shape index (κ1) is 15.4. The van der Waals surface area contributed by atoms with Crippen molar-refractivity contribution in [3.63, 3.8) is 0 Å². The summed E-state index contributed by atoms with van der Waals surface area (Å²) in [6.07, 6.45) is 2.01. The molecule has 1 fully saturated rings. The third-order valence-corrected chi connectivity index (χ3v) is 6.21. The summed E-state index contributed by atoms with van der Waals surface area (Å²) in [4.78, 5) is 13.1. The number of fused-ring (bicyclic) bond motifs is 3. The molecule has 2 heterocycles. The second-order valence-electron chi connectivity index (χ2n) is 6.10. The number of carbonyl (C=O) groups is 1. The molecule has 8 heteroatoms. The molecule has 1 aliphatic rings. The van der Waals surface area contributed by atoms with Gasteiger partial charge < -0.3 is 5.32 Å². The van der Waals surface area contributed by atoms with Gasteiger partial charge in [0.1, 0.15) is 5.54 Å². The molecule has 1 unspecified atom stereocenters. The minimum absolute atomic E-state index is 0.146. The summed E-state index contributed by atoms with van der Waals surface area (Å²) in [5, 5.41) is 21.3. The highest BCUT2D eigenvalue weighted by Crippen LogP contribution is 2.39. The fourth-order valence-electron chi connectivity index (χ4n) is 2.79. The number of benzene rings is 1. The Morgan fingerprint density at radius 3 is 3.04 bits per heavy atom. The van der Waals surface area contributed by atoms with E-state index in [2.05, 4.69) is 21.6 Å². The third kappa shape index (κ3) is 2.64. The van der Waals surface area contributed by atoms with Crippen molar-refractivity contribution in [2.45, 2.75) is 30.5 Å². The van der Waals surface area contributed by atoms with Crippen LogP contribution in [0.4, 0.5) is 0 Å². The van der Waals surface area contributed by atoms with Gasteiger partial charge in [-0.25, -0.2) is 0 Å². The van der Waals surface area contributed by atoms with Crippen molar-refractivity contribution < 1.29 is 4.79 Å². The first-order chi connectivity index (χ1) is 11.6. The second-order valence-corrected chi connectivity index (χ2v) is 8.05. The van der Waals surface area contributed by atoms with Crippen LogP contribution >= 0.6 is 23.1 Å². The molecule has 1 N–H and O–H groups in total. The van der Waals surface area contributed by atoms with Gasteiger partial charge in [0.15, 0.2) is 5.16 Å². The molecule has 0 spiro atoms. The molecule has 122 valence electrons. The zero-order chi connectivity index (χ0) is 16.7. The maximum Gasteiger partial charge on any atom is 0.231 e. The Balaban J connectivity index is 1.51. The average Bonchev–Trinajstić information content (AvgIpc) is 3.28. The van der Waals surface area contributed by atoms with Crippen LogP contribution in [-0.4, -0.2) is 31.8 Å². The van der Waals surface area contributed by atoms with E-state index in [-0.39, 0.29) is 17.6 Å². The number of nitrogens with one attached hydrogen (secondary N) is 1. The first-order valence-electron chi connectivity index (χ1n) is 7.68. The number of hydrogen-bond donors (Lipinski definition) is 1. The SMILES string of the molecule is CC(C#N)(NC(=O)CSc1nnc2sc3ccccc3n12)C1CC1. The van der Waals surface area contributed by atoms with Crippen molar-refractivity contribution in [3.05, 3.63) is 24.3 Å². The van der Waals surface area contributed by atoms with Crippen molar-refractivity contribution in [2.24, 2.45) is 5.92 Å². The van der Waals surface area contributed by atoms with Gasteiger partial charge in [0, 0.05) is 0 Å². The van der Waals surface area contributed by atoms with Gasteiger partial charge in [0.2, 0.25) is 10.9 Å². The highest BCUT2D eigenvalue weighted by Gasteiger charge is 2.42. The normalized spacial score (nSPS) is 16.8. The van der Waals surface area contributed by atoms with Gasteiger partial charge in [-0.2, -0.15) is 5.26 Å². The summed E-state index contributed by atoms with van der Waals surface area (Å²) < 4.78 is 3.11. The van der Waals surface area contributed by atoms with Crippen LogP contribution in [0.15, 0.2) is 29.4 Å². The molecular weight excluding hydrogens is 342 g/mol. The lowest BCUT2D eigenvalue weighted by atomic mass is 9.98. The lowest BCUT2D eigenvalue weighted by Crippen LogP contribution is -2.47. The molecule has 1 aliphatic carbocycles. The molecule has 4 rings (SSSR count). The van der Waals surface area contributed by atoms with E-state index in [1.54, 1.807) is 18.3 Å². The fourth-order valence-corrected chi connectivity index (χ4v) is 4.55. The summed E-state index contributed by atoms with van der Waals surface area (Å²) in [7, 11) is 0. The number of aromatic nitrogens is 3. The number of carbonyl (C=O) groups excluding carboxylic acids is 1. The number of nitrogens with zero attached hydrogens (tertiary/aromatic N) is 4. The lowest BCUT2D eigenvalue weighted by molar-refractivity contribution is -0.119. The summed E-state index contributed by atoms with van der Waals surface area (Å²) in [6, 6.07) is 10.3. The van der Waals surface area contributed by atoms with Crippen LogP contribution in [0.3, 0.4) is 0 Å². The van der Waals surface area contributed by atoms with E-state index in [4.69, 9.17) is 0 Å². The molecule has 24 heavy (non-hydrogen) atoms. The molecule has 0 aliphatic heterocycles. The molecular formula is C16H15N5OS2. The van der Waals surface area contributed by atoms with Crippen LogP contribution in [0.5, 0.6) is 0 Å². The van der Waals surface area contributed by atoms with Gasteiger partial charge in [0.25, 0.3) is 0 Å². The second kappa shape index (κ2) is 5.76. The predicted molar refractivity (Wildman–Crippen MR) is 94.0 cm³/mol. The van der Waals surface area contributed by atoms with Crippen molar-refractivity contribution in [1.82, 2.24) is 19.9 Å². The van der Waals surface area contributed by atoms with Gasteiger partial charge in [-0.15, -0.1) is 10.2 Å². The van der Waals surface area contributed by atoms with E-state index in [0.717, 1.165) is 28.0 Å². The fraction of sp³-hybridized carbons (Fsp3) is 0.375. The summed E-state index contributed by atoms with van der Waals surface area (Å²) in [6.45, 7) is 1.80. The number of thioether (sulfide) groups is 1. The first-order valence-corrected chi connectivity index (χ1v) is 9.48. The maximum atomic E-state index is 12.2. The summed E-state index contributed by atoms with van der Waals surface area (Å²) in [5.41, 5.74) is 0.289. The summed E-state index contributed by atoms with van der Waals surface area (Å²) >= 11 is 2.92. The Morgan fingerprint density at radius 2 is 2.29 bits per heavy atom. The molecule has 2 aromatic heterocycles. The third-order valence-electron chi connectivity index (χ3n) is 4.27. The highest BCUT2D eigenvalue weighted by molar-refractivity contribution is 7.99. The number of amides is 1. The number of rotatable bonds is 5. The number of nitriles is 1. The van der Waals surface area contributed by atoms with Gasteiger partial charge in [-0.05, 0) is 37.8 Å². The van der Waals surface area contributed by atoms with Gasteiger partial charge in [-0.3, -0.25) is 9.20 Å². The zero-order valence-corrected chi connectivity index (χ0v) is 14.7. The van der Waals surface area contributed by atoms with E-state index in [0.29, 0.717) is 5.16 Å². The van der Waals surface area contributed by atoms with Crippen LogP contribution in [0.2, 0.25) is 0 Å². The van der Waals surface area contributed by atoms with E-state index in [9.17, 15) is 10.1 Å². The Labute approximate surface area is 146 Å². The van der Waals surface area contributed by atoms with E-state index in [1.165, 1.54) is 11.8 Å². The minimum atomic E-state index is -0.757. The molecule has 0 bridgehead atoms. The molecule has 6 nitrogen and oxygen atoms in total. The molecule has 0 saturated heterocycles. The smallest absolute Gasteiger partial charge is 0.231 e. The molecule has 0 radical (unpaired) electrons. The van der Waals surface area contributed by atoms with E-state index < -0.39 is 5.54 Å². The Bertz CT molecular complexity index is 968. The molecule has 1 saturated carbocycles. The molecule has 1 amide bonds. The molecule has 1 aromatic carbocycles. The maximum absolute atomic E-state index is 12.2. The highest BCUT2D eigenvalue weighted by atomic mass is 32.2. The standard InChI is InChI=1S/C16H15N5OS2/c1-16(9-17,10-6-7-10)18-13(22)8-23-14-19-20-15-21(14)11-4-2-3-5-12(11)24-15/h2-5,10H,6-8H2,1H3,(H,18,22). The Hall–Kier alpha value is -2.11. The number of para-hydroxylation sites is 1. The van der Waals surface area contributed by atoms with Crippen LogP contribution in [0.1, 0.15) is 19.8 Å². The van der Waals surface area contributed by atoms with Gasteiger partial charge in [-0.1, -0.05) is 35.2 Å². The van der Waals surface area contributed by atoms with Crippen LogP contribution in [-0.2, 0) is 4.79 Å². The van der Waals surface area contributed by atoms with Gasteiger partial charge in [0.05, 0.1) is 22.0 Å². The van der Waals surface area contributed by atoms with Crippen LogP contribution in [0.25, 0.3) is 15.2 Å². The number of thiazole rings is 1. The van der Waals surface area contributed by atoms with Gasteiger partial charge >= 0.3 is 0 Å². The largest absolute Gasteiger partial charge is 0.337 e. The van der Waals surface area contributed by atoms with Crippen molar-refractivity contribution in [2.75, 3.05) is 5.75 Å². The quantitative estimate of drug-likeness (QED) is 0.710. The average molecular weight is 357 g/mol. The summed E-state index contributed by atoms with van der Waals surface area (Å²) in [5.74, 6) is 0.346. The Morgan fingerprint density at radius 1 is 1.50 bits per heavy atom.